The summed E-state index contributed by atoms with van der Waals surface area (Å²) >= 11 is 0. The van der Waals surface area contributed by atoms with E-state index in [4.69, 9.17) is 5.73 Å². The zero-order chi connectivity index (χ0) is 18.1. The standard InChI is InChI=1S/C17H29N5O2/c1-10-6-7-11(8-17(10,5)24)20-14-12(13(18)23)9-19-15(21-14)22-16(2,3)4/h9-11,24H,6-8H2,1-5H3,(H2,18,23)(H2,19,20,21,22)/t10?,11?,17-/m1/s1. The summed E-state index contributed by atoms with van der Waals surface area (Å²) in [7, 11) is 0. The molecule has 7 heteroatoms. The molecule has 1 amide bonds. The van der Waals surface area contributed by atoms with Crippen LogP contribution in [0.25, 0.3) is 0 Å². The number of hydrogen-bond acceptors (Lipinski definition) is 6. The topological polar surface area (TPSA) is 113 Å². The van der Waals surface area contributed by atoms with Crippen LogP contribution in [-0.4, -0.2) is 38.2 Å². The maximum Gasteiger partial charge on any atom is 0.254 e. The van der Waals surface area contributed by atoms with E-state index in [0.717, 1.165) is 12.8 Å². The fraction of sp³-hybridized carbons (Fsp3) is 0.706. The van der Waals surface area contributed by atoms with E-state index in [2.05, 4.69) is 27.5 Å². The lowest BCUT2D eigenvalue weighted by atomic mass is 9.75. The predicted octanol–water partition coefficient (Wildman–Crippen LogP) is 2.14. The molecule has 1 aromatic rings. The summed E-state index contributed by atoms with van der Waals surface area (Å²) in [5, 5.41) is 17.0. The summed E-state index contributed by atoms with van der Waals surface area (Å²) in [5.74, 6) is 0.524. The summed E-state index contributed by atoms with van der Waals surface area (Å²) in [4.78, 5) is 20.3. The SMILES string of the molecule is CC1CCC(Nc2nc(NC(C)(C)C)ncc2C(N)=O)C[C@@]1(C)O. The van der Waals surface area contributed by atoms with Crippen LogP contribution in [0, 0.1) is 5.92 Å². The number of rotatable bonds is 4. The molecule has 0 radical (unpaired) electrons. The molecule has 3 atom stereocenters. The first-order chi connectivity index (χ1) is 11.0. The van der Waals surface area contributed by atoms with Gasteiger partial charge in [0, 0.05) is 17.8 Å². The Balaban J connectivity index is 2.23. The summed E-state index contributed by atoms with van der Waals surface area (Å²) in [6.45, 7) is 9.93. The second-order valence-electron chi connectivity index (χ2n) is 8.08. The molecule has 1 heterocycles. The van der Waals surface area contributed by atoms with Crippen LogP contribution < -0.4 is 16.4 Å². The van der Waals surface area contributed by atoms with E-state index in [9.17, 15) is 9.90 Å². The minimum absolute atomic E-state index is 0.0340. The molecule has 0 spiro atoms. The third-order valence-corrected chi connectivity index (χ3v) is 4.55. The van der Waals surface area contributed by atoms with E-state index >= 15 is 0 Å². The monoisotopic (exact) mass is 335 g/mol. The van der Waals surface area contributed by atoms with Gasteiger partial charge >= 0.3 is 0 Å². The molecule has 1 aliphatic carbocycles. The Kier molecular flexibility index (Phi) is 5.03. The Labute approximate surface area is 143 Å². The van der Waals surface area contributed by atoms with Gasteiger partial charge in [0.05, 0.1) is 11.2 Å². The molecule has 1 aliphatic rings. The molecule has 0 bridgehead atoms. The van der Waals surface area contributed by atoms with Crippen molar-refractivity contribution in [3.63, 3.8) is 0 Å². The van der Waals surface area contributed by atoms with E-state index in [1.165, 1.54) is 6.20 Å². The van der Waals surface area contributed by atoms with Crippen LogP contribution in [0.3, 0.4) is 0 Å². The summed E-state index contributed by atoms with van der Waals surface area (Å²) in [6.07, 6.45) is 3.85. The third-order valence-electron chi connectivity index (χ3n) is 4.55. The molecular formula is C17H29N5O2. The first kappa shape index (κ1) is 18.4. The van der Waals surface area contributed by atoms with Gasteiger partial charge in [-0.3, -0.25) is 4.79 Å². The van der Waals surface area contributed by atoms with Crippen molar-refractivity contribution < 1.29 is 9.90 Å². The van der Waals surface area contributed by atoms with Crippen molar-refractivity contribution in [3.05, 3.63) is 11.8 Å². The van der Waals surface area contributed by atoms with Gasteiger partial charge < -0.3 is 21.5 Å². The molecule has 134 valence electrons. The minimum Gasteiger partial charge on any atom is -0.390 e. The second kappa shape index (κ2) is 6.55. The number of nitrogens with zero attached hydrogens (tertiary/aromatic N) is 2. The van der Waals surface area contributed by atoms with E-state index in [1.54, 1.807) is 0 Å². The van der Waals surface area contributed by atoms with Crippen LogP contribution in [0.4, 0.5) is 11.8 Å². The van der Waals surface area contributed by atoms with Crippen molar-refractivity contribution in [2.24, 2.45) is 11.7 Å². The molecule has 24 heavy (non-hydrogen) atoms. The Morgan fingerprint density at radius 1 is 1.42 bits per heavy atom. The number of aromatic nitrogens is 2. The van der Waals surface area contributed by atoms with Gasteiger partial charge in [-0.05, 0) is 52.9 Å². The van der Waals surface area contributed by atoms with Crippen LogP contribution in [0.2, 0.25) is 0 Å². The quantitative estimate of drug-likeness (QED) is 0.670. The van der Waals surface area contributed by atoms with Crippen LogP contribution in [0.15, 0.2) is 6.20 Å². The third kappa shape index (κ3) is 4.56. The predicted molar refractivity (Wildman–Crippen MR) is 95.0 cm³/mol. The maximum absolute atomic E-state index is 11.7. The maximum atomic E-state index is 11.7. The van der Waals surface area contributed by atoms with Gasteiger partial charge in [-0.15, -0.1) is 0 Å². The number of carbonyl (C=O) groups excluding carboxylic acids is 1. The molecule has 5 N–H and O–H groups in total. The Morgan fingerprint density at radius 3 is 2.62 bits per heavy atom. The van der Waals surface area contributed by atoms with Gasteiger partial charge in [-0.25, -0.2) is 4.98 Å². The zero-order valence-electron chi connectivity index (χ0n) is 15.2. The molecular weight excluding hydrogens is 306 g/mol. The summed E-state index contributed by atoms with van der Waals surface area (Å²) in [5.41, 5.74) is 4.77. The molecule has 1 saturated carbocycles. The fourth-order valence-electron chi connectivity index (χ4n) is 2.95. The number of anilines is 2. The van der Waals surface area contributed by atoms with Crippen LogP contribution in [-0.2, 0) is 0 Å². The van der Waals surface area contributed by atoms with Gasteiger partial charge in [0.2, 0.25) is 5.95 Å². The molecule has 7 nitrogen and oxygen atoms in total. The number of nitrogens with two attached hydrogens (primary N) is 1. The molecule has 2 rings (SSSR count). The summed E-state index contributed by atoms with van der Waals surface area (Å²) in [6, 6.07) is 0.0340. The van der Waals surface area contributed by atoms with E-state index in [0.29, 0.717) is 18.2 Å². The Hall–Kier alpha value is -1.89. The van der Waals surface area contributed by atoms with Crippen molar-refractivity contribution in [1.29, 1.82) is 0 Å². The number of primary amides is 1. The molecule has 1 aromatic heterocycles. The number of carbonyl (C=O) groups is 1. The molecule has 1 fully saturated rings. The molecule has 0 aliphatic heterocycles. The van der Waals surface area contributed by atoms with Crippen molar-refractivity contribution >= 4 is 17.7 Å². The van der Waals surface area contributed by atoms with Gasteiger partial charge in [-0.2, -0.15) is 4.98 Å². The zero-order valence-corrected chi connectivity index (χ0v) is 15.2. The van der Waals surface area contributed by atoms with E-state index in [-0.39, 0.29) is 23.1 Å². The van der Waals surface area contributed by atoms with Crippen molar-refractivity contribution in [1.82, 2.24) is 9.97 Å². The average Bonchev–Trinajstić information content (AvgIpc) is 2.40. The van der Waals surface area contributed by atoms with Gasteiger partial charge in [-0.1, -0.05) is 6.92 Å². The van der Waals surface area contributed by atoms with Crippen molar-refractivity contribution in [3.8, 4) is 0 Å². The summed E-state index contributed by atoms with van der Waals surface area (Å²) < 4.78 is 0. The lowest BCUT2D eigenvalue weighted by Crippen LogP contribution is -2.44. The van der Waals surface area contributed by atoms with Gasteiger partial charge in [0.25, 0.3) is 5.91 Å². The smallest absolute Gasteiger partial charge is 0.254 e. The van der Waals surface area contributed by atoms with Crippen LogP contribution >= 0.6 is 0 Å². The highest BCUT2D eigenvalue weighted by molar-refractivity contribution is 5.97. The average molecular weight is 335 g/mol. The van der Waals surface area contributed by atoms with Crippen molar-refractivity contribution in [2.45, 2.75) is 71.1 Å². The highest BCUT2D eigenvalue weighted by Gasteiger charge is 2.36. The highest BCUT2D eigenvalue weighted by Crippen LogP contribution is 2.34. The Bertz CT molecular complexity index is 609. The van der Waals surface area contributed by atoms with Crippen LogP contribution in [0.5, 0.6) is 0 Å². The normalized spacial score (nSPS) is 27.6. The number of nitrogens with one attached hydrogen (secondary N) is 2. The first-order valence-corrected chi connectivity index (χ1v) is 8.42. The molecule has 0 aromatic carbocycles. The fourth-order valence-corrected chi connectivity index (χ4v) is 2.95. The number of hydrogen-bond donors (Lipinski definition) is 4. The minimum atomic E-state index is -0.734. The van der Waals surface area contributed by atoms with Gasteiger partial charge in [0.1, 0.15) is 5.82 Å². The molecule has 2 unspecified atom stereocenters. The lowest BCUT2D eigenvalue weighted by Gasteiger charge is -2.39. The highest BCUT2D eigenvalue weighted by atomic mass is 16.3. The molecule has 0 saturated heterocycles. The Morgan fingerprint density at radius 2 is 2.08 bits per heavy atom. The lowest BCUT2D eigenvalue weighted by molar-refractivity contribution is -0.0277. The second-order valence-corrected chi connectivity index (χ2v) is 8.08. The first-order valence-electron chi connectivity index (χ1n) is 8.42. The van der Waals surface area contributed by atoms with Crippen molar-refractivity contribution in [2.75, 3.05) is 10.6 Å². The van der Waals surface area contributed by atoms with E-state index in [1.807, 2.05) is 27.7 Å². The number of amides is 1. The van der Waals surface area contributed by atoms with Crippen LogP contribution in [0.1, 0.15) is 64.2 Å². The van der Waals surface area contributed by atoms with E-state index < -0.39 is 11.5 Å². The van der Waals surface area contributed by atoms with Gasteiger partial charge in [0.15, 0.2) is 0 Å². The number of aliphatic hydroxyl groups is 1. The largest absolute Gasteiger partial charge is 0.390 e.